The second kappa shape index (κ2) is 6.06. The molecule has 4 rings (SSSR count). The van der Waals surface area contributed by atoms with E-state index in [0.29, 0.717) is 22.9 Å². The molecular formula is C18H13F2N3O2S. The van der Waals surface area contributed by atoms with Gasteiger partial charge in [0.2, 0.25) is 0 Å². The van der Waals surface area contributed by atoms with Crippen LogP contribution in [0.15, 0.2) is 59.5 Å². The Morgan fingerprint density at radius 1 is 1.12 bits per heavy atom. The van der Waals surface area contributed by atoms with Gasteiger partial charge in [0.1, 0.15) is 17.5 Å². The number of hydrogen-bond acceptors (Lipinski definition) is 3. The van der Waals surface area contributed by atoms with Crippen molar-refractivity contribution < 1.29 is 17.2 Å². The molecule has 1 aromatic heterocycles. The maximum absolute atomic E-state index is 13.7. The quantitative estimate of drug-likeness (QED) is 0.726. The van der Waals surface area contributed by atoms with Gasteiger partial charge in [0, 0.05) is 11.6 Å². The van der Waals surface area contributed by atoms with Gasteiger partial charge in [0.25, 0.3) is 10.0 Å². The van der Waals surface area contributed by atoms with Gasteiger partial charge in [-0.1, -0.05) is 18.2 Å². The molecule has 0 atom stereocenters. The highest BCUT2D eigenvalue weighted by Gasteiger charge is 2.18. The smallest absolute Gasteiger partial charge is 0.262 e. The van der Waals surface area contributed by atoms with E-state index >= 15 is 0 Å². The zero-order valence-electron chi connectivity index (χ0n) is 13.3. The Hall–Kier alpha value is -3.00. The number of anilines is 1. The second-order valence-corrected chi connectivity index (χ2v) is 7.47. The normalized spacial score (nSPS) is 14.0. The molecule has 0 bridgehead atoms. The lowest BCUT2D eigenvalue weighted by atomic mass is 10.3. The number of hydrogen-bond donors (Lipinski definition) is 2. The van der Waals surface area contributed by atoms with Crippen LogP contribution in [0.5, 0.6) is 0 Å². The fourth-order valence-electron chi connectivity index (χ4n) is 2.70. The third-order valence-electron chi connectivity index (χ3n) is 3.98. The molecule has 0 unspecified atom stereocenters. The molecule has 0 saturated carbocycles. The molecule has 3 aromatic rings. The lowest BCUT2D eigenvalue weighted by Gasteiger charge is -2.09. The van der Waals surface area contributed by atoms with E-state index in [9.17, 15) is 17.2 Å². The Balaban J connectivity index is 1.69. The van der Waals surface area contributed by atoms with Crippen LogP contribution < -0.4 is 4.72 Å². The third kappa shape index (κ3) is 2.99. The van der Waals surface area contributed by atoms with E-state index in [1.807, 2.05) is 18.2 Å². The van der Waals surface area contributed by atoms with Gasteiger partial charge in [-0.25, -0.2) is 22.2 Å². The molecule has 0 fully saturated rings. The number of allylic oxidation sites excluding steroid dienone is 4. The van der Waals surface area contributed by atoms with Crippen molar-refractivity contribution in [1.82, 2.24) is 9.97 Å². The van der Waals surface area contributed by atoms with Crippen molar-refractivity contribution in [3.05, 3.63) is 72.1 Å². The van der Waals surface area contributed by atoms with E-state index in [4.69, 9.17) is 0 Å². The average molecular weight is 373 g/mol. The van der Waals surface area contributed by atoms with Crippen LogP contribution in [-0.4, -0.2) is 18.4 Å². The number of sulfonamides is 1. The summed E-state index contributed by atoms with van der Waals surface area (Å²) in [7, 11) is -4.04. The summed E-state index contributed by atoms with van der Waals surface area (Å²) in [5.74, 6) is -1.12. The number of benzene rings is 2. The summed E-state index contributed by atoms with van der Waals surface area (Å²) in [6.45, 7) is 0. The SMILES string of the molecule is O=S(=O)(Nc1ccc(F)cc1F)c1ccc2[nH]c(C3=CCC=C3)nc2c1. The van der Waals surface area contributed by atoms with Gasteiger partial charge >= 0.3 is 0 Å². The molecular weight excluding hydrogens is 360 g/mol. The first-order chi connectivity index (χ1) is 12.4. The molecule has 2 N–H and O–H groups in total. The highest BCUT2D eigenvalue weighted by atomic mass is 32.2. The van der Waals surface area contributed by atoms with Gasteiger partial charge < -0.3 is 4.98 Å². The monoisotopic (exact) mass is 373 g/mol. The fraction of sp³-hybridized carbons (Fsp3) is 0.0556. The summed E-state index contributed by atoms with van der Waals surface area (Å²) in [4.78, 5) is 7.48. The minimum Gasteiger partial charge on any atom is -0.338 e. The predicted octanol–water partition coefficient (Wildman–Crippen LogP) is 3.99. The zero-order chi connectivity index (χ0) is 18.3. The number of H-pyrrole nitrogens is 1. The number of nitrogens with zero attached hydrogens (tertiary/aromatic N) is 1. The van der Waals surface area contributed by atoms with Crippen molar-refractivity contribution in [3.8, 4) is 0 Å². The number of rotatable bonds is 4. The van der Waals surface area contributed by atoms with Crippen LogP contribution in [0, 0.1) is 11.6 Å². The van der Waals surface area contributed by atoms with Crippen molar-refractivity contribution >= 4 is 32.3 Å². The van der Waals surface area contributed by atoms with E-state index in [-0.39, 0.29) is 10.6 Å². The highest BCUT2D eigenvalue weighted by molar-refractivity contribution is 7.92. The summed E-state index contributed by atoms with van der Waals surface area (Å²) in [5, 5.41) is 0. The lowest BCUT2D eigenvalue weighted by molar-refractivity contribution is 0.583. The summed E-state index contributed by atoms with van der Waals surface area (Å²) < 4.78 is 53.9. The van der Waals surface area contributed by atoms with E-state index < -0.39 is 21.7 Å². The minimum absolute atomic E-state index is 0.0669. The van der Waals surface area contributed by atoms with Gasteiger partial charge in [-0.3, -0.25) is 4.72 Å². The molecule has 8 heteroatoms. The van der Waals surface area contributed by atoms with E-state index in [2.05, 4.69) is 14.7 Å². The summed E-state index contributed by atoms with van der Waals surface area (Å²) in [5.41, 5.74) is 1.78. The largest absolute Gasteiger partial charge is 0.338 e. The maximum atomic E-state index is 13.7. The molecule has 0 spiro atoms. The fourth-order valence-corrected chi connectivity index (χ4v) is 3.79. The number of aromatic amines is 1. The number of imidazole rings is 1. The number of fused-ring (bicyclic) bond motifs is 1. The standard InChI is InChI=1S/C18H13F2N3O2S/c19-12-5-7-15(14(20)9-12)23-26(24,25)13-6-8-16-17(10-13)22-18(21-16)11-3-1-2-4-11/h1,3-10,23H,2H2,(H,21,22). The first-order valence-corrected chi connectivity index (χ1v) is 9.25. The van der Waals surface area contributed by atoms with Gasteiger partial charge in [0.15, 0.2) is 0 Å². The Labute approximate surface area is 148 Å². The van der Waals surface area contributed by atoms with Crippen molar-refractivity contribution in [1.29, 1.82) is 0 Å². The van der Waals surface area contributed by atoms with Crippen molar-refractivity contribution in [2.45, 2.75) is 11.3 Å². The third-order valence-corrected chi connectivity index (χ3v) is 5.35. The van der Waals surface area contributed by atoms with Crippen molar-refractivity contribution in [3.63, 3.8) is 0 Å². The molecule has 0 amide bonds. The van der Waals surface area contributed by atoms with Crippen molar-refractivity contribution in [2.75, 3.05) is 4.72 Å². The Morgan fingerprint density at radius 3 is 2.69 bits per heavy atom. The number of nitrogens with one attached hydrogen (secondary N) is 2. The zero-order valence-corrected chi connectivity index (χ0v) is 14.1. The molecule has 2 aromatic carbocycles. The van der Waals surface area contributed by atoms with Crippen LogP contribution in [0.25, 0.3) is 16.6 Å². The van der Waals surface area contributed by atoms with Gasteiger partial charge in [0.05, 0.1) is 21.6 Å². The van der Waals surface area contributed by atoms with Crippen molar-refractivity contribution in [2.24, 2.45) is 0 Å². The molecule has 0 radical (unpaired) electrons. The van der Waals surface area contributed by atoms with E-state index in [1.54, 1.807) is 6.07 Å². The summed E-state index contributed by atoms with van der Waals surface area (Å²) in [6, 6.07) is 7.02. The van der Waals surface area contributed by atoms with Crippen LogP contribution in [0.3, 0.4) is 0 Å². The van der Waals surface area contributed by atoms with Crippen LogP contribution in [0.4, 0.5) is 14.5 Å². The minimum atomic E-state index is -4.04. The molecule has 0 saturated heterocycles. The summed E-state index contributed by atoms with van der Waals surface area (Å²) in [6.07, 6.45) is 6.78. The number of aromatic nitrogens is 2. The predicted molar refractivity (Wildman–Crippen MR) is 95.0 cm³/mol. The lowest BCUT2D eigenvalue weighted by Crippen LogP contribution is -2.14. The molecule has 1 aliphatic carbocycles. The van der Waals surface area contributed by atoms with E-state index in [1.165, 1.54) is 12.1 Å². The summed E-state index contributed by atoms with van der Waals surface area (Å²) >= 11 is 0. The molecule has 1 heterocycles. The molecule has 5 nitrogen and oxygen atoms in total. The average Bonchev–Trinajstić information content (AvgIpc) is 3.25. The maximum Gasteiger partial charge on any atom is 0.262 e. The van der Waals surface area contributed by atoms with Crippen LogP contribution in [0.2, 0.25) is 0 Å². The second-order valence-electron chi connectivity index (χ2n) is 5.79. The first kappa shape index (κ1) is 16.5. The molecule has 0 aliphatic heterocycles. The Morgan fingerprint density at radius 2 is 1.96 bits per heavy atom. The topological polar surface area (TPSA) is 74.8 Å². The highest BCUT2D eigenvalue weighted by Crippen LogP contribution is 2.25. The molecule has 26 heavy (non-hydrogen) atoms. The van der Waals surface area contributed by atoms with E-state index in [0.717, 1.165) is 24.1 Å². The van der Waals surface area contributed by atoms with Gasteiger partial charge in [-0.05, 0) is 36.8 Å². The van der Waals surface area contributed by atoms with Crippen LogP contribution in [0.1, 0.15) is 12.2 Å². The Kier molecular flexibility index (Phi) is 3.84. The molecule has 132 valence electrons. The molecule has 1 aliphatic rings. The van der Waals surface area contributed by atoms with Crippen LogP contribution >= 0.6 is 0 Å². The van der Waals surface area contributed by atoms with Crippen LogP contribution in [-0.2, 0) is 10.0 Å². The first-order valence-electron chi connectivity index (χ1n) is 7.77. The van der Waals surface area contributed by atoms with Gasteiger partial charge in [-0.2, -0.15) is 0 Å². The number of halogens is 2. The Bertz CT molecular complexity index is 1180. The van der Waals surface area contributed by atoms with Gasteiger partial charge in [-0.15, -0.1) is 0 Å².